The minimum atomic E-state index is 0.0931. The lowest BCUT2D eigenvalue weighted by Gasteiger charge is -2.54. The topological polar surface area (TPSA) is 111 Å². The fourth-order valence-corrected chi connectivity index (χ4v) is 7.01. The number of pyridine rings is 1. The molecule has 0 bridgehead atoms. The van der Waals surface area contributed by atoms with Crippen LogP contribution in [-0.2, 0) is 0 Å². The minimum Gasteiger partial charge on any atom is -0.379 e. The smallest absolute Gasteiger partial charge is 0.159 e. The van der Waals surface area contributed by atoms with Crippen LogP contribution in [0.5, 0.6) is 0 Å². The number of aromatic nitrogens is 3. The Kier molecular flexibility index (Phi) is 9.34. The van der Waals surface area contributed by atoms with E-state index in [9.17, 15) is 0 Å². The number of aromatic amines is 1. The average molecular weight is 652 g/mol. The first-order valence-electron chi connectivity index (χ1n) is 15.3. The van der Waals surface area contributed by atoms with Crippen molar-refractivity contribution in [2.24, 2.45) is 0 Å². The van der Waals surface area contributed by atoms with Gasteiger partial charge in [0.2, 0.25) is 0 Å². The number of likely N-dealkylation sites (tertiary alicyclic amines) is 1. The largest absolute Gasteiger partial charge is 0.379 e. The van der Waals surface area contributed by atoms with Crippen molar-refractivity contribution in [3.63, 3.8) is 0 Å². The van der Waals surface area contributed by atoms with E-state index in [1.807, 2.05) is 13.2 Å². The fraction of sp³-hybridized carbons (Fsp3) is 0.531. The molecule has 0 aliphatic carbocycles. The second-order valence-corrected chi connectivity index (χ2v) is 13.9. The van der Waals surface area contributed by atoms with Gasteiger partial charge in [-0.1, -0.05) is 0 Å². The number of imidazole rings is 1. The van der Waals surface area contributed by atoms with Crippen LogP contribution in [0, 0.1) is 5.41 Å². The van der Waals surface area contributed by atoms with Gasteiger partial charge in [0.15, 0.2) is 5.65 Å². The van der Waals surface area contributed by atoms with Gasteiger partial charge in [0, 0.05) is 87.1 Å². The Labute approximate surface area is 264 Å². The lowest BCUT2D eigenvalue weighted by molar-refractivity contribution is -0.00766. The molecule has 43 heavy (non-hydrogen) atoms. The Bertz CT molecular complexity index is 1420. The van der Waals surface area contributed by atoms with Gasteiger partial charge in [0.25, 0.3) is 0 Å². The second kappa shape index (κ2) is 12.8. The van der Waals surface area contributed by atoms with E-state index in [4.69, 9.17) is 10.4 Å². The Morgan fingerprint density at radius 3 is 2.40 bits per heavy atom. The summed E-state index contributed by atoms with van der Waals surface area (Å²) in [4.78, 5) is 20.6. The van der Waals surface area contributed by atoms with E-state index in [-0.39, 0.29) is 11.1 Å². The van der Waals surface area contributed by atoms with Crippen LogP contribution in [0.4, 0.5) is 11.4 Å². The lowest BCUT2D eigenvalue weighted by atomic mass is 9.77. The predicted molar refractivity (Wildman–Crippen MR) is 182 cm³/mol. The highest BCUT2D eigenvalue weighted by Crippen LogP contribution is 2.40. The number of nitrogens with one attached hydrogen (secondary N) is 5. The summed E-state index contributed by atoms with van der Waals surface area (Å²) in [6.45, 7) is 15.2. The summed E-state index contributed by atoms with van der Waals surface area (Å²) in [5.74, 6) is 1.70. The summed E-state index contributed by atoms with van der Waals surface area (Å²) in [5.41, 5.74) is 5.13. The van der Waals surface area contributed by atoms with Gasteiger partial charge in [0.1, 0.15) is 11.3 Å². The van der Waals surface area contributed by atoms with Crippen LogP contribution in [0.1, 0.15) is 40.5 Å². The maximum absolute atomic E-state index is 7.23. The highest BCUT2D eigenvalue weighted by Gasteiger charge is 2.43. The van der Waals surface area contributed by atoms with Gasteiger partial charge in [-0.05, 0) is 93.9 Å². The third-order valence-corrected chi connectivity index (χ3v) is 9.87. The van der Waals surface area contributed by atoms with Crippen LogP contribution in [0.25, 0.3) is 22.6 Å². The summed E-state index contributed by atoms with van der Waals surface area (Å²) in [6, 6.07) is 9.04. The molecule has 10 nitrogen and oxygen atoms in total. The standard InChI is InChI=1S/C32H47BrN10/c1-31(2)19-23(20-32(3,4)41(31)6)38-27-25(33)21-37-30-28(27)39-29(40-30)22-7-9-24(10-8-22)43-17-15-42(16-18-43)14-13-36-26(35-5)11-12-34/h7-12,21,23,34-36H,13-20H2,1-6H3,(H2,37,38,39,40)/b26-11+,34-12?. The molecule has 2 aliphatic heterocycles. The van der Waals surface area contributed by atoms with Gasteiger partial charge < -0.3 is 31.2 Å². The Balaban J connectivity index is 1.23. The third-order valence-electron chi connectivity index (χ3n) is 9.26. The number of nitrogens with zero attached hydrogens (tertiary/aromatic N) is 5. The number of anilines is 2. The molecule has 5 N–H and O–H groups in total. The SMILES string of the molecule is CN/C(=C\C=N)NCCN1CCN(c2ccc(-c3nc4c(NC5CC(C)(C)N(C)C(C)(C)C5)c(Br)cnc4[nH]3)cc2)CC1. The highest BCUT2D eigenvalue weighted by atomic mass is 79.9. The van der Waals surface area contributed by atoms with Crippen molar-refractivity contribution in [1.82, 2.24) is 35.4 Å². The first-order chi connectivity index (χ1) is 20.5. The van der Waals surface area contributed by atoms with Gasteiger partial charge in [0.05, 0.1) is 16.0 Å². The molecule has 0 saturated carbocycles. The monoisotopic (exact) mass is 650 g/mol. The van der Waals surface area contributed by atoms with Gasteiger partial charge in [-0.2, -0.15) is 0 Å². The molecule has 5 rings (SSSR count). The van der Waals surface area contributed by atoms with Crippen molar-refractivity contribution in [2.75, 3.05) is 63.6 Å². The number of fused-ring (bicyclic) bond motifs is 1. The zero-order valence-electron chi connectivity index (χ0n) is 26.4. The molecule has 0 spiro atoms. The number of piperazine rings is 1. The van der Waals surface area contributed by atoms with Crippen LogP contribution in [0.3, 0.4) is 0 Å². The molecule has 4 heterocycles. The van der Waals surface area contributed by atoms with Gasteiger partial charge in [-0.25, -0.2) is 9.97 Å². The Morgan fingerprint density at radius 1 is 1.09 bits per heavy atom. The third kappa shape index (κ3) is 6.99. The molecule has 11 heteroatoms. The molecule has 0 amide bonds. The number of piperidine rings is 1. The number of rotatable bonds is 10. The first-order valence-corrected chi connectivity index (χ1v) is 16.0. The Morgan fingerprint density at radius 2 is 1.77 bits per heavy atom. The van der Waals surface area contributed by atoms with Crippen molar-refractivity contribution in [3.8, 4) is 11.4 Å². The molecular formula is C32H47BrN10. The quantitative estimate of drug-likeness (QED) is 0.198. The van der Waals surface area contributed by atoms with Crippen LogP contribution in [0.15, 0.2) is 46.8 Å². The van der Waals surface area contributed by atoms with Crippen LogP contribution < -0.4 is 20.9 Å². The fourth-order valence-electron chi connectivity index (χ4n) is 6.60. The molecule has 0 unspecified atom stereocenters. The number of hydrogen-bond acceptors (Lipinski definition) is 9. The molecule has 2 fully saturated rings. The predicted octanol–water partition coefficient (Wildman–Crippen LogP) is 4.87. The van der Waals surface area contributed by atoms with Crippen molar-refractivity contribution >= 4 is 44.7 Å². The maximum atomic E-state index is 7.23. The van der Waals surface area contributed by atoms with Gasteiger partial charge in [-0.15, -0.1) is 0 Å². The minimum absolute atomic E-state index is 0.0931. The Hall–Kier alpha value is -3.15. The van der Waals surface area contributed by atoms with E-state index < -0.39 is 0 Å². The van der Waals surface area contributed by atoms with E-state index in [1.165, 1.54) is 11.9 Å². The summed E-state index contributed by atoms with van der Waals surface area (Å²) in [6.07, 6.45) is 6.99. The van der Waals surface area contributed by atoms with E-state index in [1.54, 1.807) is 6.08 Å². The van der Waals surface area contributed by atoms with Crippen LogP contribution in [0.2, 0.25) is 0 Å². The number of H-pyrrole nitrogens is 1. The van der Waals surface area contributed by atoms with Gasteiger partial charge >= 0.3 is 0 Å². The first kappa shape index (κ1) is 31.3. The average Bonchev–Trinajstić information content (AvgIpc) is 3.42. The van der Waals surface area contributed by atoms with Crippen molar-refractivity contribution < 1.29 is 0 Å². The molecule has 1 aromatic carbocycles. The van der Waals surface area contributed by atoms with Gasteiger partial charge in [-0.3, -0.25) is 9.80 Å². The molecule has 2 saturated heterocycles. The maximum Gasteiger partial charge on any atom is 0.159 e. The van der Waals surface area contributed by atoms with Crippen LogP contribution in [-0.4, -0.2) is 101 Å². The number of benzene rings is 1. The molecular weight excluding hydrogens is 604 g/mol. The van der Waals surface area contributed by atoms with E-state index in [0.717, 1.165) is 90.6 Å². The summed E-state index contributed by atoms with van der Waals surface area (Å²) in [7, 11) is 4.10. The van der Waals surface area contributed by atoms with Crippen molar-refractivity contribution in [3.05, 3.63) is 46.8 Å². The van der Waals surface area contributed by atoms with E-state index in [0.29, 0.717) is 6.04 Å². The summed E-state index contributed by atoms with van der Waals surface area (Å²) in [5, 5.41) is 17.5. The molecule has 3 aromatic rings. The molecule has 2 aromatic heterocycles. The zero-order chi connectivity index (χ0) is 30.8. The number of allylic oxidation sites excluding steroid dienone is 1. The summed E-state index contributed by atoms with van der Waals surface area (Å²) >= 11 is 3.75. The zero-order valence-corrected chi connectivity index (χ0v) is 28.0. The highest BCUT2D eigenvalue weighted by molar-refractivity contribution is 9.10. The van der Waals surface area contributed by atoms with Crippen molar-refractivity contribution in [1.29, 1.82) is 5.41 Å². The normalized spacial score (nSPS) is 19.9. The number of hydrogen-bond donors (Lipinski definition) is 5. The number of halogens is 1. The van der Waals surface area contributed by atoms with E-state index in [2.05, 4.69) is 116 Å². The molecule has 232 valence electrons. The van der Waals surface area contributed by atoms with Crippen LogP contribution >= 0.6 is 15.9 Å². The van der Waals surface area contributed by atoms with Crippen molar-refractivity contribution in [2.45, 2.75) is 57.7 Å². The van der Waals surface area contributed by atoms with E-state index >= 15 is 0 Å². The lowest BCUT2D eigenvalue weighted by Crippen LogP contribution is -2.61. The molecule has 0 radical (unpaired) electrons. The molecule has 2 aliphatic rings. The summed E-state index contributed by atoms with van der Waals surface area (Å²) < 4.78 is 0.933. The second-order valence-electron chi connectivity index (χ2n) is 13.0. The molecule has 0 atom stereocenters.